The molecule has 3 nitrogen and oxygen atoms in total. The second-order valence-electron chi connectivity index (χ2n) is 1.55. The Morgan fingerprint density at radius 2 is 2.10 bits per heavy atom. The van der Waals surface area contributed by atoms with Crippen LogP contribution in [-0.2, 0) is 9.63 Å². The topological polar surface area (TPSA) is 38.3 Å². The second-order valence-corrected chi connectivity index (χ2v) is 1.55. The van der Waals surface area contributed by atoms with Crippen LogP contribution in [0.5, 0.6) is 0 Å². The Morgan fingerprint density at radius 1 is 1.40 bits per heavy atom. The summed E-state index contributed by atoms with van der Waals surface area (Å²) in [4.78, 5) is 15.1. The van der Waals surface area contributed by atoms with E-state index in [1.807, 2.05) is 0 Å². The summed E-state index contributed by atoms with van der Waals surface area (Å²) < 4.78 is 0. The van der Waals surface area contributed by atoms with Crippen molar-refractivity contribution in [2.75, 3.05) is 0 Å². The van der Waals surface area contributed by atoms with E-state index >= 15 is 0 Å². The molecular weight excluding hydrogens is 130 g/mol. The van der Waals surface area contributed by atoms with Crippen LogP contribution in [0, 0.1) is 0 Å². The Bertz CT molecular complexity index is 150. The molecule has 56 valence electrons. The first kappa shape index (κ1) is 8.75. The second kappa shape index (κ2) is 5.88. The molecule has 0 fully saturated rings. The summed E-state index contributed by atoms with van der Waals surface area (Å²) >= 11 is 0. The van der Waals surface area contributed by atoms with Gasteiger partial charge in [-0.15, -0.1) is 0 Å². The summed E-state index contributed by atoms with van der Waals surface area (Å²) in [5, 5.41) is 0. The van der Waals surface area contributed by atoms with Crippen LogP contribution in [0.2, 0.25) is 0 Å². The van der Waals surface area contributed by atoms with E-state index in [9.17, 15) is 4.79 Å². The average Bonchev–Trinajstić information content (AvgIpc) is 1.89. The molecule has 0 aliphatic heterocycles. The molecule has 3 heteroatoms. The van der Waals surface area contributed by atoms with E-state index in [0.29, 0.717) is 0 Å². The van der Waals surface area contributed by atoms with Gasteiger partial charge in [0.25, 0.3) is 5.91 Å². The highest BCUT2D eigenvalue weighted by molar-refractivity contribution is 5.86. The van der Waals surface area contributed by atoms with Gasteiger partial charge in [0.2, 0.25) is 0 Å². The highest BCUT2D eigenvalue weighted by Gasteiger charge is 1.88. The molecule has 1 amide bonds. The minimum Gasteiger partial charge on any atom is -0.387 e. The number of hydrogen-bond donors (Lipinski definition) is 1. The molecule has 0 aromatic rings. The number of nitrogens with one attached hydrogen (secondary N) is 1. The Kier molecular flexibility index (Phi) is 5.14. The molecule has 0 bridgehead atoms. The lowest BCUT2D eigenvalue weighted by Gasteiger charge is -1.96. The van der Waals surface area contributed by atoms with E-state index in [1.165, 1.54) is 12.3 Å². The van der Waals surface area contributed by atoms with Gasteiger partial charge < -0.3 is 4.84 Å². The zero-order valence-electron chi connectivity index (χ0n) is 6.13. The van der Waals surface area contributed by atoms with Crippen LogP contribution in [0.4, 0.5) is 0 Å². The number of hydrogen-bond acceptors (Lipinski definition) is 2. The molecule has 0 saturated heterocycles. The molecule has 0 spiro atoms. The third-order valence-electron chi connectivity index (χ3n) is 0.682. The van der Waals surface area contributed by atoms with Gasteiger partial charge in [0, 0.05) is 6.08 Å². The van der Waals surface area contributed by atoms with E-state index in [2.05, 4.69) is 10.3 Å². The van der Waals surface area contributed by atoms with E-state index in [4.69, 9.17) is 0 Å². The highest BCUT2D eigenvalue weighted by Crippen LogP contribution is 1.74. The van der Waals surface area contributed by atoms with Crippen molar-refractivity contribution in [2.24, 2.45) is 0 Å². The lowest BCUT2D eigenvalue weighted by atomic mass is 10.5. The summed E-state index contributed by atoms with van der Waals surface area (Å²) in [7, 11) is 0. The summed E-state index contributed by atoms with van der Waals surface area (Å²) in [5.41, 5.74) is 2.17. The molecule has 0 rings (SSSR count). The summed E-state index contributed by atoms with van der Waals surface area (Å²) in [5.74, 6) is -0.263. The summed E-state index contributed by atoms with van der Waals surface area (Å²) in [6, 6.07) is 0. The fourth-order valence-electron chi connectivity index (χ4n) is 0.346. The van der Waals surface area contributed by atoms with Crippen LogP contribution < -0.4 is 5.48 Å². The number of hydroxylamine groups is 1. The molecule has 0 saturated carbocycles. The van der Waals surface area contributed by atoms with Crippen LogP contribution in [0.1, 0.15) is 13.8 Å². The maximum atomic E-state index is 10.6. The molecule has 1 N–H and O–H groups in total. The van der Waals surface area contributed by atoms with Crippen LogP contribution >= 0.6 is 0 Å². The number of carbonyl (C=O) groups excluding carboxylic acids is 1. The van der Waals surface area contributed by atoms with Gasteiger partial charge in [0.05, 0.1) is 0 Å². The third-order valence-corrected chi connectivity index (χ3v) is 0.682. The van der Waals surface area contributed by atoms with Crippen molar-refractivity contribution >= 4 is 5.91 Å². The van der Waals surface area contributed by atoms with Crippen LogP contribution in [0.15, 0.2) is 24.5 Å². The standard InChI is InChI=1S/C7H11NO2/c1-3-5-7(9)8-10-6-4-2/h3-6H,1-2H3,(H,8,9)/b5-3-,6-4+. The molecule has 0 unspecified atom stereocenters. The van der Waals surface area contributed by atoms with Gasteiger partial charge in [0.15, 0.2) is 0 Å². The average molecular weight is 141 g/mol. The van der Waals surface area contributed by atoms with Crippen molar-refractivity contribution in [3.63, 3.8) is 0 Å². The smallest absolute Gasteiger partial charge is 0.276 e. The molecule has 0 aliphatic rings. The SMILES string of the molecule is C/C=C\C(=O)NO/C=C/C. The maximum absolute atomic E-state index is 10.6. The molecule has 0 aromatic heterocycles. The highest BCUT2D eigenvalue weighted by atomic mass is 16.6. The van der Waals surface area contributed by atoms with Gasteiger partial charge in [0.1, 0.15) is 6.26 Å². The molecule has 0 atom stereocenters. The first-order chi connectivity index (χ1) is 4.81. The first-order valence-corrected chi connectivity index (χ1v) is 3.00. The fraction of sp³-hybridized carbons (Fsp3) is 0.286. The van der Waals surface area contributed by atoms with Gasteiger partial charge in [-0.25, -0.2) is 0 Å². The van der Waals surface area contributed by atoms with Gasteiger partial charge in [-0.1, -0.05) is 6.08 Å². The van der Waals surface area contributed by atoms with Crippen LogP contribution in [0.3, 0.4) is 0 Å². The zero-order chi connectivity index (χ0) is 7.82. The molecule has 0 radical (unpaired) electrons. The predicted octanol–water partition coefficient (Wildman–Crippen LogP) is 1.14. The largest absolute Gasteiger partial charge is 0.387 e. The zero-order valence-corrected chi connectivity index (χ0v) is 6.13. The van der Waals surface area contributed by atoms with Crippen molar-refractivity contribution in [3.8, 4) is 0 Å². The monoisotopic (exact) mass is 141 g/mol. The van der Waals surface area contributed by atoms with Crippen molar-refractivity contribution in [2.45, 2.75) is 13.8 Å². The van der Waals surface area contributed by atoms with E-state index < -0.39 is 0 Å². The fourth-order valence-corrected chi connectivity index (χ4v) is 0.346. The quantitative estimate of drug-likeness (QED) is 0.363. The summed E-state index contributed by atoms with van der Waals surface area (Å²) in [6.45, 7) is 3.55. The van der Waals surface area contributed by atoms with Crippen LogP contribution in [-0.4, -0.2) is 5.91 Å². The Hall–Kier alpha value is -1.25. The molecule has 10 heavy (non-hydrogen) atoms. The van der Waals surface area contributed by atoms with E-state index in [-0.39, 0.29) is 5.91 Å². The van der Waals surface area contributed by atoms with E-state index in [0.717, 1.165) is 0 Å². The molecule has 0 heterocycles. The van der Waals surface area contributed by atoms with Crippen molar-refractivity contribution in [1.82, 2.24) is 5.48 Å². The van der Waals surface area contributed by atoms with Crippen molar-refractivity contribution in [1.29, 1.82) is 0 Å². The minimum absolute atomic E-state index is 0.263. The number of carbonyl (C=O) groups is 1. The van der Waals surface area contributed by atoms with Crippen molar-refractivity contribution in [3.05, 3.63) is 24.5 Å². The summed E-state index contributed by atoms with van der Waals surface area (Å²) in [6.07, 6.45) is 6.08. The maximum Gasteiger partial charge on any atom is 0.276 e. The van der Waals surface area contributed by atoms with Gasteiger partial charge in [-0.3, -0.25) is 4.79 Å². The molecular formula is C7H11NO2. The normalized spacial score (nSPS) is 10.6. The minimum atomic E-state index is -0.263. The van der Waals surface area contributed by atoms with Crippen molar-refractivity contribution < 1.29 is 9.63 Å². The Balaban J connectivity index is 3.40. The molecule has 0 aromatic carbocycles. The predicted molar refractivity (Wildman–Crippen MR) is 38.9 cm³/mol. The Labute approximate surface area is 60.3 Å². The Morgan fingerprint density at radius 3 is 2.60 bits per heavy atom. The molecule has 0 aliphatic carbocycles. The number of allylic oxidation sites excluding steroid dienone is 2. The third kappa shape index (κ3) is 4.90. The lowest BCUT2D eigenvalue weighted by molar-refractivity contribution is -0.124. The van der Waals surface area contributed by atoms with Crippen LogP contribution in [0.25, 0.3) is 0 Å². The number of amides is 1. The number of rotatable bonds is 3. The first-order valence-electron chi connectivity index (χ1n) is 3.00. The van der Waals surface area contributed by atoms with Gasteiger partial charge in [-0.05, 0) is 19.9 Å². The van der Waals surface area contributed by atoms with Gasteiger partial charge >= 0.3 is 0 Å². The lowest BCUT2D eigenvalue weighted by Crippen LogP contribution is -2.18. The van der Waals surface area contributed by atoms with E-state index in [1.54, 1.807) is 26.0 Å². The van der Waals surface area contributed by atoms with Gasteiger partial charge in [-0.2, -0.15) is 5.48 Å².